The van der Waals surface area contributed by atoms with Crippen LogP contribution in [0.5, 0.6) is 5.75 Å². The number of phenols is 1. The smallest absolute Gasteiger partial charge is 0.133 e. The Morgan fingerprint density at radius 2 is 2.04 bits per heavy atom. The first-order valence-corrected chi connectivity index (χ1v) is 9.28. The monoisotopic (exact) mass is 383 g/mol. The second-order valence-corrected chi connectivity index (χ2v) is 7.47. The number of amidine groups is 1. The lowest BCUT2D eigenvalue weighted by Crippen LogP contribution is -2.08. The van der Waals surface area contributed by atoms with Gasteiger partial charge in [-0.25, -0.2) is 4.98 Å². The molecule has 0 aliphatic carbocycles. The summed E-state index contributed by atoms with van der Waals surface area (Å²) >= 11 is 4.64. The first-order chi connectivity index (χ1) is 10.6. The van der Waals surface area contributed by atoms with E-state index in [1.807, 2.05) is 29.8 Å². The average Bonchev–Trinajstić information content (AvgIpc) is 3.14. The number of halogens is 1. The van der Waals surface area contributed by atoms with Crippen LogP contribution in [0.25, 0.3) is 21.8 Å². The van der Waals surface area contributed by atoms with Crippen LogP contribution in [0.4, 0.5) is 0 Å². The largest absolute Gasteiger partial charge is 0.507 e. The molecule has 0 aliphatic rings. The third-order valence-electron chi connectivity index (χ3n) is 3.06. The molecule has 3 aromatic rings. The number of thiophene rings is 1. The van der Waals surface area contributed by atoms with E-state index in [4.69, 9.17) is 11.1 Å². The summed E-state index contributed by atoms with van der Waals surface area (Å²) in [6.45, 7) is 0. The summed E-state index contributed by atoms with van der Waals surface area (Å²) in [7, 11) is 0. The lowest BCUT2D eigenvalue weighted by molar-refractivity contribution is 0.477. The van der Waals surface area contributed by atoms with Gasteiger partial charge in [-0.2, -0.15) is 0 Å². The minimum atomic E-state index is 0. The number of nitrogen functional groups attached to an aromatic ring is 1. The molecule has 1 aromatic carbocycles. The Morgan fingerprint density at radius 3 is 2.70 bits per heavy atom. The average molecular weight is 384 g/mol. The zero-order valence-corrected chi connectivity index (χ0v) is 15.3. The zero-order chi connectivity index (χ0) is 15.7. The molecule has 0 aliphatic heterocycles. The molecule has 0 amide bonds. The highest BCUT2D eigenvalue weighted by Crippen LogP contribution is 2.40. The Balaban J connectivity index is 0.00000192. The standard InChI is InChI=1S/C15H13N3OS3.ClH/c1-20-15-9(6-12(22-15)13(16)17)14-18-10(7-21-14)8-4-2-3-5-11(8)19;/h2-7,19H,1H3,(H3,16,17);1H. The lowest BCUT2D eigenvalue weighted by Gasteiger charge is -1.99. The van der Waals surface area contributed by atoms with E-state index in [0.29, 0.717) is 0 Å². The number of rotatable bonds is 4. The summed E-state index contributed by atoms with van der Waals surface area (Å²) < 4.78 is 1.09. The maximum absolute atomic E-state index is 9.94. The van der Waals surface area contributed by atoms with Crippen LogP contribution in [0.3, 0.4) is 0 Å². The van der Waals surface area contributed by atoms with Crippen LogP contribution in [0, 0.1) is 5.41 Å². The number of thiazole rings is 1. The van der Waals surface area contributed by atoms with E-state index in [-0.39, 0.29) is 24.0 Å². The molecule has 23 heavy (non-hydrogen) atoms. The number of thioether (sulfide) groups is 1. The number of hydrogen-bond donors (Lipinski definition) is 3. The summed E-state index contributed by atoms with van der Waals surface area (Å²) in [5.74, 6) is 0.295. The molecule has 4 N–H and O–H groups in total. The van der Waals surface area contributed by atoms with E-state index in [9.17, 15) is 5.11 Å². The summed E-state index contributed by atoms with van der Waals surface area (Å²) in [5.41, 5.74) is 8.04. The number of para-hydroxylation sites is 1. The summed E-state index contributed by atoms with van der Waals surface area (Å²) in [4.78, 5) is 5.38. The minimum Gasteiger partial charge on any atom is -0.507 e. The Bertz CT molecular complexity index is 844. The predicted molar refractivity (Wildman–Crippen MR) is 103 cm³/mol. The van der Waals surface area contributed by atoms with Crippen molar-refractivity contribution in [2.75, 3.05) is 6.26 Å². The van der Waals surface area contributed by atoms with Gasteiger partial charge >= 0.3 is 0 Å². The Morgan fingerprint density at radius 1 is 1.30 bits per heavy atom. The summed E-state index contributed by atoms with van der Waals surface area (Å²) in [6.07, 6.45) is 2.00. The van der Waals surface area contributed by atoms with Crippen LogP contribution in [-0.2, 0) is 0 Å². The topological polar surface area (TPSA) is 83.0 Å². The van der Waals surface area contributed by atoms with Crippen molar-refractivity contribution in [3.63, 3.8) is 0 Å². The van der Waals surface area contributed by atoms with Gasteiger partial charge in [-0.3, -0.25) is 5.41 Å². The fourth-order valence-corrected chi connectivity index (χ4v) is 4.72. The lowest BCUT2D eigenvalue weighted by atomic mass is 10.1. The molecular weight excluding hydrogens is 370 g/mol. The molecule has 0 saturated carbocycles. The number of hydrogen-bond acceptors (Lipinski definition) is 6. The second-order valence-electron chi connectivity index (χ2n) is 4.48. The first-order valence-electron chi connectivity index (χ1n) is 6.36. The maximum Gasteiger partial charge on any atom is 0.133 e. The number of aromatic hydroxyl groups is 1. The summed E-state index contributed by atoms with van der Waals surface area (Å²) in [6, 6.07) is 9.07. The van der Waals surface area contributed by atoms with Crippen LogP contribution in [0.1, 0.15) is 4.88 Å². The first kappa shape index (κ1) is 17.8. The predicted octanol–water partition coefficient (Wildman–Crippen LogP) is 4.67. The fourth-order valence-electron chi connectivity index (χ4n) is 2.02. The van der Waals surface area contributed by atoms with E-state index >= 15 is 0 Å². The van der Waals surface area contributed by atoms with Crippen molar-refractivity contribution in [1.82, 2.24) is 4.98 Å². The van der Waals surface area contributed by atoms with Gasteiger partial charge in [0.15, 0.2) is 0 Å². The normalized spacial score (nSPS) is 10.3. The highest BCUT2D eigenvalue weighted by Gasteiger charge is 2.16. The van der Waals surface area contributed by atoms with Crippen LogP contribution < -0.4 is 5.73 Å². The van der Waals surface area contributed by atoms with Gasteiger partial charge in [0.1, 0.15) is 16.6 Å². The van der Waals surface area contributed by atoms with E-state index in [1.165, 1.54) is 22.7 Å². The molecule has 4 nitrogen and oxygen atoms in total. The molecule has 0 fully saturated rings. The second kappa shape index (κ2) is 7.35. The molecule has 8 heteroatoms. The molecule has 0 unspecified atom stereocenters. The number of nitrogens with zero attached hydrogens (tertiary/aromatic N) is 1. The van der Waals surface area contributed by atoms with Crippen LogP contribution in [-0.4, -0.2) is 22.2 Å². The maximum atomic E-state index is 9.94. The zero-order valence-electron chi connectivity index (χ0n) is 12.1. The fraction of sp³-hybridized carbons (Fsp3) is 0.0667. The van der Waals surface area contributed by atoms with Gasteiger partial charge in [0, 0.05) is 16.5 Å². The highest BCUT2D eigenvalue weighted by molar-refractivity contribution is 8.00. The number of benzene rings is 1. The Kier molecular flexibility index (Phi) is 5.69. The Hall–Kier alpha value is -1.54. The van der Waals surface area contributed by atoms with Crippen molar-refractivity contribution in [2.45, 2.75) is 4.21 Å². The molecule has 0 bridgehead atoms. The number of nitrogens with two attached hydrogens (primary N) is 1. The summed E-state index contributed by atoms with van der Waals surface area (Å²) in [5, 5.41) is 20.3. The molecular formula is C15H14ClN3OS3. The SMILES string of the molecule is CSc1sc(C(=N)N)cc1-c1nc(-c2ccccc2O)cs1.Cl. The van der Waals surface area contributed by atoms with Crippen molar-refractivity contribution in [3.05, 3.63) is 40.6 Å². The van der Waals surface area contributed by atoms with Crippen molar-refractivity contribution in [1.29, 1.82) is 5.41 Å². The Labute approximate surface area is 152 Å². The van der Waals surface area contributed by atoms with Gasteiger partial charge in [0.2, 0.25) is 0 Å². The molecule has 0 radical (unpaired) electrons. The van der Waals surface area contributed by atoms with Gasteiger partial charge in [0.05, 0.1) is 14.8 Å². The number of phenolic OH excluding ortho intramolecular Hbond substituents is 1. The quantitative estimate of drug-likeness (QED) is 0.347. The van der Waals surface area contributed by atoms with Crippen molar-refractivity contribution >= 4 is 52.7 Å². The molecule has 2 heterocycles. The van der Waals surface area contributed by atoms with E-state index in [2.05, 4.69) is 4.98 Å². The highest BCUT2D eigenvalue weighted by atomic mass is 35.5. The number of nitrogens with one attached hydrogen (secondary N) is 1. The third-order valence-corrected chi connectivity index (χ3v) is 6.24. The molecule has 2 aromatic heterocycles. The van der Waals surface area contributed by atoms with Crippen molar-refractivity contribution < 1.29 is 5.11 Å². The van der Waals surface area contributed by atoms with Gasteiger partial charge < -0.3 is 10.8 Å². The van der Waals surface area contributed by atoms with Crippen LogP contribution in [0.2, 0.25) is 0 Å². The van der Waals surface area contributed by atoms with Crippen molar-refractivity contribution in [3.8, 4) is 27.6 Å². The minimum absolute atomic E-state index is 0. The molecule has 0 spiro atoms. The molecule has 3 rings (SSSR count). The van der Waals surface area contributed by atoms with Crippen molar-refractivity contribution in [2.24, 2.45) is 5.73 Å². The van der Waals surface area contributed by atoms with Gasteiger partial charge in [-0.1, -0.05) is 12.1 Å². The van der Waals surface area contributed by atoms with E-state index < -0.39 is 0 Å². The number of aromatic nitrogens is 1. The molecule has 0 saturated heterocycles. The van der Waals surface area contributed by atoms with Gasteiger partial charge in [0.25, 0.3) is 0 Å². The van der Waals surface area contributed by atoms with Crippen LogP contribution in [0.15, 0.2) is 39.9 Å². The van der Waals surface area contributed by atoms with E-state index in [1.54, 1.807) is 23.9 Å². The van der Waals surface area contributed by atoms with Gasteiger partial charge in [-0.15, -0.1) is 46.8 Å². The van der Waals surface area contributed by atoms with Gasteiger partial charge in [-0.05, 0) is 24.5 Å². The third kappa shape index (κ3) is 3.53. The molecule has 0 atom stereocenters. The molecule has 120 valence electrons. The van der Waals surface area contributed by atoms with Crippen LogP contribution >= 0.6 is 46.8 Å². The van der Waals surface area contributed by atoms with E-state index in [0.717, 1.165) is 30.9 Å².